The smallest absolute Gasteiger partial charge is 0.272 e. The van der Waals surface area contributed by atoms with Crippen LogP contribution in [0.2, 0.25) is 10.0 Å². The van der Waals surface area contributed by atoms with Gasteiger partial charge in [0, 0.05) is 11.6 Å². The molecular formula is C18H18Cl2FNO5S. The van der Waals surface area contributed by atoms with Gasteiger partial charge >= 0.3 is 0 Å². The molecule has 0 saturated heterocycles. The topological polar surface area (TPSA) is 72.9 Å². The summed E-state index contributed by atoms with van der Waals surface area (Å²) in [4.78, 5) is 13.1. The number of nitrogens with zero attached hydrogens (tertiary/aromatic N) is 1. The van der Waals surface area contributed by atoms with Gasteiger partial charge in [0.25, 0.3) is 5.91 Å². The van der Waals surface area contributed by atoms with E-state index in [0.717, 1.165) is 6.07 Å². The summed E-state index contributed by atoms with van der Waals surface area (Å²) in [6, 6.07) is 5.91. The van der Waals surface area contributed by atoms with Gasteiger partial charge in [0.15, 0.2) is 17.3 Å². The first-order valence-electron chi connectivity index (χ1n) is 8.10. The van der Waals surface area contributed by atoms with Crippen molar-refractivity contribution < 1.29 is 27.1 Å². The van der Waals surface area contributed by atoms with Gasteiger partial charge in [-0.05, 0) is 30.7 Å². The van der Waals surface area contributed by atoms with Crippen LogP contribution in [0.4, 0.5) is 10.1 Å². The molecule has 0 N–H and O–H groups in total. The van der Waals surface area contributed by atoms with E-state index in [1.54, 1.807) is 6.92 Å². The third-order valence-electron chi connectivity index (χ3n) is 3.74. The van der Waals surface area contributed by atoms with Crippen molar-refractivity contribution in [3.63, 3.8) is 0 Å². The van der Waals surface area contributed by atoms with Crippen molar-refractivity contribution in [2.75, 3.05) is 24.3 Å². The Labute approximate surface area is 172 Å². The SMILES string of the molecule is CCCS(=O)(=O)N(C(=O)c1cc(Cl)c(OC)c(Cl)c1)c1ccc(OC)c(F)c1. The van der Waals surface area contributed by atoms with Gasteiger partial charge in [-0.25, -0.2) is 17.1 Å². The summed E-state index contributed by atoms with van der Waals surface area (Å²) in [6.45, 7) is 1.65. The maximum absolute atomic E-state index is 14.2. The lowest BCUT2D eigenvalue weighted by atomic mass is 10.2. The molecule has 28 heavy (non-hydrogen) atoms. The third-order valence-corrected chi connectivity index (χ3v) is 6.16. The van der Waals surface area contributed by atoms with E-state index >= 15 is 0 Å². The molecule has 2 aromatic rings. The van der Waals surface area contributed by atoms with Crippen LogP contribution >= 0.6 is 23.2 Å². The quantitative estimate of drug-likeness (QED) is 0.620. The second kappa shape index (κ2) is 8.98. The largest absolute Gasteiger partial charge is 0.494 e. The minimum atomic E-state index is -4.09. The molecule has 0 saturated carbocycles. The van der Waals surface area contributed by atoms with Crippen LogP contribution in [-0.2, 0) is 10.0 Å². The van der Waals surface area contributed by atoms with Gasteiger partial charge in [-0.1, -0.05) is 30.1 Å². The zero-order valence-electron chi connectivity index (χ0n) is 15.3. The van der Waals surface area contributed by atoms with E-state index in [4.69, 9.17) is 32.7 Å². The highest BCUT2D eigenvalue weighted by Crippen LogP contribution is 2.35. The second-order valence-electron chi connectivity index (χ2n) is 5.68. The van der Waals surface area contributed by atoms with Gasteiger partial charge < -0.3 is 9.47 Å². The summed E-state index contributed by atoms with van der Waals surface area (Å²) >= 11 is 12.1. The average molecular weight is 450 g/mol. The Bertz CT molecular complexity index is 974. The van der Waals surface area contributed by atoms with Gasteiger partial charge in [-0.2, -0.15) is 0 Å². The Morgan fingerprint density at radius 1 is 1.11 bits per heavy atom. The van der Waals surface area contributed by atoms with Crippen molar-refractivity contribution in [2.45, 2.75) is 13.3 Å². The van der Waals surface area contributed by atoms with Crippen LogP contribution in [0, 0.1) is 5.82 Å². The third kappa shape index (κ3) is 4.51. The van der Waals surface area contributed by atoms with Crippen molar-refractivity contribution in [2.24, 2.45) is 0 Å². The predicted octanol–water partition coefficient (Wildman–Crippen LogP) is 4.54. The number of halogens is 3. The molecule has 10 heteroatoms. The summed E-state index contributed by atoms with van der Waals surface area (Å²) in [7, 11) is -1.46. The van der Waals surface area contributed by atoms with Crippen LogP contribution in [0.3, 0.4) is 0 Å². The van der Waals surface area contributed by atoms with Crippen LogP contribution in [0.15, 0.2) is 30.3 Å². The van der Waals surface area contributed by atoms with Crippen LogP contribution in [0.1, 0.15) is 23.7 Å². The normalized spacial score (nSPS) is 11.2. The Balaban J connectivity index is 2.63. The molecule has 0 aliphatic carbocycles. The molecule has 0 aliphatic heterocycles. The van der Waals surface area contributed by atoms with Gasteiger partial charge in [-0.3, -0.25) is 4.79 Å². The van der Waals surface area contributed by atoms with Gasteiger partial charge in [0.05, 0.1) is 35.7 Å². The molecule has 0 fully saturated rings. The van der Waals surface area contributed by atoms with Crippen LogP contribution in [0.5, 0.6) is 11.5 Å². The van der Waals surface area contributed by atoms with E-state index in [1.165, 1.54) is 38.5 Å². The standard InChI is InChI=1S/C18H18Cl2FNO5S/c1-4-7-28(24,25)22(12-5-6-16(26-2)15(21)10-12)18(23)11-8-13(19)17(27-3)14(20)9-11/h5-6,8-10H,4,7H2,1-3H3. The number of benzene rings is 2. The molecule has 0 radical (unpaired) electrons. The van der Waals surface area contributed by atoms with Crippen molar-refractivity contribution in [3.05, 3.63) is 51.8 Å². The lowest BCUT2D eigenvalue weighted by molar-refractivity contribution is 0.101. The van der Waals surface area contributed by atoms with Crippen LogP contribution < -0.4 is 13.8 Å². The molecule has 0 heterocycles. The maximum atomic E-state index is 14.2. The molecular weight excluding hydrogens is 432 g/mol. The number of carbonyl (C=O) groups excluding carboxylic acids is 1. The highest BCUT2D eigenvalue weighted by atomic mass is 35.5. The van der Waals surface area contributed by atoms with Crippen molar-refractivity contribution in [3.8, 4) is 11.5 Å². The summed E-state index contributed by atoms with van der Waals surface area (Å²) in [5.41, 5.74) is -0.258. The van der Waals surface area contributed by atoms with Gasteiger partial charge in [-0.15, -0.1) is 0 Å². The fraction of sp³-hybridized carbons (Fsp3) is 0.278. The number of methoxy groups -OCH3 is 2. The number of ether oxygens (including phenoxy) is 2. The fourth-order valence-electron chi connectivity index (χ4n) is 2.53. The number of sulfonamides is 1. The first-order valence-corrected chi connectivity index (χ1v) is 10.5. The van der Waals surface area contributed by atoms with Crippen LogP contribution in [0.25, 0.3) is 0 Å². The molecule has 0 aromatic heterocycles. The van der Waals surface area contributed by atoms with E-state index in [0.29, 0.717) is 4.31 Å². The molecule has 1 amide bonds. The van der Waals surface area contributed by atoms with E-state index in [-0.39, 0.29) is 45.0 Å². The molecule has 0 bridgehead atoms. The van der Waals surface area contributed by atoms with Gasteiger partial charge in [0.2, 0.25) is 10.0 Å². The van der Waals surface area contributed by atoms with E-state index in [9.17, 15) is 17.6 Å². The van der Waals surface area contributed by atoms with E-state index in [2.05, 4.69) is 0 Å². The molecule has 152 valence electrons. The Morgan fingerprint density at radius 3 is 2.18 bits per heavy atom. The highest BCUT2D eigenvalue weighted by molar-refractivity contribution is 7.93. The monoisotopic (exact) mass is 449 g/mol. The van der Waals surface area contributed by atoms with Crippen LogP contribution in [-0.4, -0.2) is 34.3 Å². The molecule has 6 nitrogen and oxygen atoms in total. The first kappa shape index (κ1) is 22.3. The van der Waals surface area contributed by atoms with Crippen molar-refractivity contribution in [1.82, 2.24) is 0 Å². The molecule has 2 aromatic carbocycles. The average Bonchev–Trinajstić information content (AvgIpc) is 2.61. The number of anilines is 1. The molecule has 2 rings (SSSR count). The van der Waals surface area contributed by atoms with Crippen molar-refractivity contribution >= 4 is 44.8 Å². The lowest BCUT2D eigenvalue weighted by Gasteiger charge is -2.23. The Kier molecular flexibility index (Phi) is 7.14. The summed E-state index contributed by atoms with van der Waals surface area (Å²) in [5, 5.41) is 0.0687. The zero-order valence-corrected chi connectivity index (χ0v) is 17.7. The molecule has 0 spiro atoms. The fourth-order valence-corrected chi connectivity index (χ4v) is 4.66. The van der Waals surface area contributed by atoms with Crippen molar-refractivity contribution in [1.29, 1.82) is 0 Å². The van der Waals surface area contributed by atoms with Gasteiger partial charge in [0.1, 0.15) is 0 Å². The number of amides is 1. The molecule has 0 aliphatic rings. The summed E-state index contributed by atoms with van der Waals surface area (Å²) < 4.78 is 50.1. The van der Waals surface area contributed by atoms with E-state index in [1.807, 2.05) is 0 Å². The predicted molar refractivity (Wildman–Crippen MR) is 107 cm³/mol. The number of carbonyl (C=O) groups is 1. The number of rotatable bonds is 7. The minimum Gasteiger partial charge on any atom is -0.494 e. The minimum absolute atomic E-state index is 0.0344. The zero-order chi connectivity index (χ0) is 21.1. The summed E-state index contributed by atoms with van der Waals surface area (Å²) in [6.07, 6.45) is 0.259. The maximum Gasteiger partial charge on any atom is 0.272 e. The summed E-state index contributed by atoms with van der Waals surface area (Å²) in [5.74, 6) is -1.98. The Morgan fingerprint density at radius 2 is 1.71 bits per heavy atom. The Hall–Kier alpha value is -2.03. The molecule has 0 atom stereocenters. The molecule has 0 unspecified atom stereocenters. The first-order chi connectivity index (χ1) is 13.2. The highest BCUT2D eigenvalue weighted by Gasteiger charge is 2.31. The lowest BCUT2D eigenvalue weighted by Crippen LogP contribution is -2.38. The number of hydrogen-bond acceptors (Lipinski definition) is 5. The number of hydrogen-bond donors (Lipinski definition) is 0. The van der Waals surface area contributed by atoms with E-state index < -0.39 is 21.7 Å². The second-order valence-corrected chi connectivity index (χ2v) is 8.43.